The average molecular weight is 365 g/mol. The summed E-state index contributed by atoms with van der Waals surface area (Å²) in [5, 5.41) is 0. The van der Waals surface area contributed by atoms with Gasteiger partial charge in [-0.05, 0) is 68.1 Å². The smallest absolute Gasteiger partial charge is 0.334 e. The van der Waals surface area contributed by atoms with Crippen molar-refractivity contribution in [3.05, 3.63) is 41.5 Å². The van der Waals surface area contributed by atoms with Gasteiger partial charge in [0.1, 0.15) is 11.8 Å². The molecule has 5 nitrogen and oxygen atoms in total. The van der Waals surface area contributed by atoms with Gasteiger partial charge in [-0.15, -0.1) is 0 Å². The van der Waals surface area contributed by atoms with Crippen LogP contribution in [0.4, 0.5) is 0 Å². The first-order valence-electron chi connectivity index (χ1n) is 9.72. The Hall–Kier alpha value is -2.43. The highest BCUT2D eigenvalue weighted by atomic mass is 16.5. The number of esters is 1. The zero-order valence-electron chi connectivity index (χ0n) is 15.7. The molecular weight excluding hydrogens is 342 g/mol. The SMILES string of the molecule is Cc1ccc(C)c(OC(=O)[C@@H](C)N2C(=O)[C@H]3[C@@H]4C=C[C@H]([C@@H]5C[C@H]45)[C@@H]3C2=O)c1. The third-order valence-corrected chi connectivity index (χ3v) is 6.98. The van der Waals surface area contributed by atoms with Crippen molar-refractivity contribution in [1.82, 2.24) is 4.90 Å². The molecule has 4 aliphatic carbocycles. The van der Waals surface area contributed by atoms with Gasteiger partial charge in [0.05, 0.1) is 11.8 Å². The Kier molecular flexibility index (Phi) is 3.43. The number of imide groups is 1. The fourth-order valence-electron chi connectivity index (χ4n) is 5.48. The molecule has 5 heteroatoms. The second-order valence-corrected chi connectivity index (χ2v) is 8.57. The average Bonchev–Trinajstić information content (AvgIpc) is 3.42. The number of carbonyl (C=O) groups excluding carboxylic acids is 3. The fourth-order valence-corrected chi connectivity index (χ4v) is 5.48. The minimum absolute atomic E-state index is 0.161. The molecule has 3 fully saturated rings. The molecule has 1 aromatic rings. The van der Waals surface area contributed by atoms with Crippen LogP contribution in [0.2, 0.25) is 0 Å². The zero-order chi connectivity index (χ0) is 19.0. The number of benzene rings is 1. The van der Waals surface area contributed by atoms with Crippen molar-refractivity contribution >= 4 is 17.8 Å². The molecule has 1 aliphatic heterocycles. The summed E-state index contributed by atoms with van der Waals surface area (Å²) in [6.45, 7) is 5.38. The van der Waals surface area contributed by atoms with Crippen LogP contribution in [0.25, 0.3) is 0 Å². The Balaban J connectivity index is 1.39. The third kappa shape index (κ3) is 2.27. The number of carbonyl (C=O) groups is 3. The monoisotopic (exact) mass is 365 g/mol. The van der Waals surface area contributed by atoms with Crippen LogP contribution in [0.5, 0.6) is 5.75 Å². The molecule has 7 atom stereocenters. The number of rotatable bonds is 3. The first kappa shape index (κ1) is 16.7. The quantitative estimate of drug-likeness (QED) is 0.358. The van der Waals surface area contributed by atoms with E-state index in [1.807, 2.05) is 26.0 Å². The molecule has 0 spiro atoms. The summed E-state index contributed by atoms with van der Waals surface area (Å²) < 4.78 is 5.55. The van der Waals surface area contributed by atoms with Crippen molar-refractivity contribution in [2.45, 2.75) is 33.2 Å². The van der Waals surface area contributed by atoms with E-state index >= 15 is 0 Å². The lowest BCUT2D eigenvalue weighted by atomic mass is 9.63. The number of likely N-dealkylation sites (tertiary alicyclic amines) is 1. The molecule has 5 aliphatic rings. The molecule has 6 rings (SSSR count). The molecular formula is C22H23NO4. The largest absolute Gasteiger partial charge is 0.425 e. The van der Waals surface area contributed by atoms with Crippen LogP contribution >= 0.6 is 0 Å². The fraction of sp³-hybridized carbons (Fsp3) is 0.500. The zero-order valence-corrected chi connectivity index (χ0v) is 15.7. The van der Waals surface area contributed by atoms with Crippen molar-refractivity contribution in [2.24, 2.45) is 35.5 Å². The second kappa shape index (κ2) is 5.54. The first-order valence-corrected chi connectivity index (χ1v) is 9.72. The van der Waals surface area contributed by atoms with E-state index in [2.05, 4.69) is 12.2 Å². The van der Waals surface area contributed by atoms with Crippen molar-refractivity contribution in [3.8, 4) is 5.75 Å². The number of aryl methyl sites for hydroxylation is 2. The van der Waals surface area contributed by atoms with E-state index in [1.165, 1.54) is 4.90 Å². The van der Waals surface area contributed by atoms with Gasteiger partial charge >= 0.3 is 5.97 Å². The van der Waals surface area contributed by atoms with Crippen LogP contribution in [-0.2, 0) is 14.4 Å². The van der Waals surface area contributed by atoms with Crippen LogP contribution in [0.15, 0.2) is 30.4 Å². The molecule has 1 saturated heterocycles. The normalized spacial score (nSPS) is 36.5. The van der Waals surface area contributed by atoms with Gasteiger partial charge in [0.15, 0.2) is 0 Å². The summed E-state index contributed by atoms with van der Waals surface area (Å²) in [5.74, 6) is 0.383. The van der Waals surface area contributed by atoms with Gasteiger partial charge in [-0.3, -0.25) is 14.5 Å². The Morgan fingerprint density at radius 3 is 2.26 bits per heavy atom. The molecule has 2 saturated carbocycles. The highest BCUT2D eigenvalue weighted by Gasteiger charge is 2.67. The number of hydrogen-bond acceptors (Lipinski definition) is 4. The van der Waals surface area contributed by atoms with Crippen LogP contribution < -0.4 is 4.74 Å². The number of nitrogens with zero attached hydrogens (tertiary/aromatic N) is 1. The third-order valence-electron chi connectivity index (χ3n) is 6.98. The lowest BCUT2D eigenvalue weighted by Crippen LogP contribution is -2.45. The van der Waals surface area contributed by atoms with Gasteiger partial charge in [0.25, 0.3) is 0 Å². The van der Waals surface area contributed by atoms with E-state index in [0.717, 1.165) is 17.5 Å². The number of ether oxygens (including phenoxy) is 1. The van der Waals surface area contributed by atoms with Crippen LogP contribution in [0.1, 0.15) is 24.5 Å². The number of allylic oxidation sites excluding steroid dienone is 2. The van der Waals surface area contributed by atoms with E-state index in [4.69, 9.17) is 4.74 Å². The summed E-state index contributed by atoms with van der Waals surface area (Å²) in [6.07, 6.45) is 5.39. The Morgan fingerprint density at radius 2 is 1.67 bits per heavy atom. The molecule has 27 heavy (non-hydrogen) atoms. The van der Waals surface area contributed by atoms with Crippen molar-refractivity contribution < 1.29 is 19.1 Å². The van der Waals surface area contributed by atoms with Crippen LogP contribution in [-0.4, -0.2) is 28.7 Å². The maximum absolute atomic E-state index is 13.1. The van der Waals surface area contributed by atoms with Crippen molar-refractivity contribution in [3.63, 3.8) is 0 Å². The van der Waals surface area contributed by atoms with Gasteiger partial charge in [-0.25, -0.2) is 4.79 Å². The summed E-state index contributed by atoms with van der Waals surface area (Å²) in [5.41, 5.74) is 1.83. The molecule has 0 N–H and O–H groups in total. The lowest BCUT2D eigenvalue weighted by molar-refractivity contribution is -0.152. The molecule has 2 bridgehead atoms. The van der Waals surface area contributed by atoms with Gasteiger partial charge in [0.2, 0.25) is 11.8 Å². The molecule has 140 valence electrons. The van der Waals surface area contributed by atoms with E-state index in [-0.39, 0.29) is 35.5 Å². The predicted octanol–water partition coefficient (Wildman–Crippen LogP) is 2.65. The van der Waals surface area contributed by atoms with Gasteiger partial charge in [-0.2, -0.15) is 0 Å². The molecule has 2 amide bonds. The highest BCUT2D eigenvalue weighted by Crippen LogP contribution is 2.65. The van der Waals surface area contributed by atoms with E-state index < -0.39 is 12.0 Å². The summed E-state index contributed by atoms with van der Waals surface area (Å²) in [4.78, 5) is 40.1. The lowest BCUT2D eigenvalue weighted by Gasteiger charge is -2.37. The van der Waals surface area contributed by atoms with Crippen molar-refractivity contribution in [2.75, 3.05) is 0 Å². The Bertz CT molecular complexity index is 868. The standard InChI is InChI=1S/C22H23NO4/c1-10-4-5-11(2)17(8-10)27-22(26)12(3)23-20(24)18-13-6-7-14(16-9-15(13)16)19(18)21(23)25/h4-8,12-16,18-19H,9H2,1-3H3/t12-,13-,14-,15-,16+,18+,19+/m1/s1. The summed E-state index contributed by atoms with van der Waals surface area (Å²) in [6, 6.07) is 4.72. The molecule has 0 unspecified atom stereocenters. The minimum atomic E-state index is -0.911. The molecule has 1 aromatic carbocycles. The van der Waals surface area contributed by atoms with Gasteiger partial charge < -0.3 is 4.74 Å². The van der Waals surface area contributed by atoms with Gasteiger partial charge in [0, 0.05) is 0 Å². The topological polar surface area (TPSA) is 63.7 Å². The summed E-state index contributed by atoms with van der Waals surface area (Å²) >= 11 is 0. The second-order valence-electron chi connectivity index (χ2n) is 8.57. The summed E-state index contributed by atoms with van der Waals surface area (Å²) in [7, 11) is 0. The van der Waals surface area contributed by atoms with Crippen LogP contribution in [0, 0.1) is 49.4 Å². The predicted molar refractivity (Wildman–Crippen MR) is 97.6 cm³/mol. The Labute approximate surface area is 158 Å². The molecule has 0 radical (unpaired) electrons. The number of hydrogen-bond donors (Lipinski definition) is 0. The maximum Gasteiger partial charge on any atom is 0.334 e. The van der Waals surface area contributed by atoms with Crippen LogP contribution in [0.3, 0.4) is 0 Å². The van der Waals surface area contributed by atoms with E-state index in [1.54, 1.807) is 13.0 Å². The maximum atomic E-state index is 13.1. The minimum Gasteiger partial charge on any atom is -0.425 e. The first-order chi connectivity index (χ1) is 12.9. The van der Waals surface area contributed by atoms with E-state index in [9.17, 15) is 14.4 Å². The molecule has 0 aromatic heterocycles. The van der Waals surface area contributed by atoms with Crippen molar-refractivity contribution in [1.29, 1.82) is 0 Å². The highest BCUT2D eigenvalue weighted by molar-refractivity contribution is 6.08. The number of amides is 2. The Morgan fingerprint density at radius 1 is 1.07 bits per heavy atom. The van der Waals surface area contributed by atoms with Gasteiger partial charge in [-0.1, -0.05) is 24.3 Å². The van der Waals surface area contributed by atoms with E-state index in [0.29, 0.717) is 17.6 Å². The molecule has 1 heterocycles.